The number of hydrogen-bond acceptors (Lipinski definition) is 7. The van der Waals surface area contributed by atoms with E-state index in [1.54, 1.807) is 12.4 Å². The van der Waals surface area contributed by atoms with Crippen molar-refractivity contribution in [3.63, 3.8) is 0 Å². The first kappa shape index (κ1) is 19.9. The number of fused-ring (bicyclic) bond motifs is 1. The number of nitrogens with one attached hydrogen (secondary N) is 2. The lowest BCUT2D eigenvalue weighted by atomic mass is 10.1. The van der Waals surface area contributed by atoms with Crippen LogP contribution >= 0.6 is 0 Å². The highest BCUT2D eigenvalue weighted by Crippen LogP contribution is 2.34. The Balaban J connectivity index is 1.41. The summed E-state index contributed by atoms with van der Waals surface area (Å²) in [4.78, 5) is 26.7. The highest BCUT2D eigenvalue weighted by Gasteiger charge is 2.25. The standard InChI is InChI=1S/C23H22N8O/c1-13-6-17-18(9-27-22(17)26-7-13)21-19(24-3)10-28-23(30-21)29-14(2)15-4-5-20(25-8-15)31-11-16(32)12-31/h4-10,14,16,32H,11-12H2,1-2H3,(H,26,27)(H,28,29,30). The van der Waals surface area contributed by atoms with Gasteiger partial charge < -0.3 is 20.3 Å². The van der Waals surface area contributed by atoms with Gasteiger partial charge in [0.05, 0.1) is 24.4 Å². The summed E-state index contributed by atoms with van der Waals surface area (Å²) in [5, 5.41) is 13.7. The predicted molar refractivity (Wildman–Crippen MR) is 123 cm³/mol. The van der Waals surface area contributed by atoms with E-state index in [1.807, 2.05) is 49.3 Å². The summed E-state index contributed by atoms with van der Waals surface area (Å²) in [5.41, 5.74) is 4.54. The Bertz CT molecular complexity index is 1320. The molecule has 3 N–H and O–H groups in total. The second kappa shape index (κ2) is 7.90. The van der Waals surface area contributed by atoms with E-state index in [9.17, 15) is 5.11 Å². The maximum Gasteiger partial charge on any atom is 0.231 e. The summed E-state index contributed by atoms with van der Waals surface area (Å²) in [6.45, 7) is 12.8. The molecule has 160 valence electrons. The van der Waals surface area contributed by atoms with Gasteiger partial charge in [-0.15, -0.1) is 0 Å². The van der Waals surface area contributed by atoms with Crippen LogP contribution in [-0.4, -0.2) is 49.2 Å². The highest BCUT2D eigenvalue weighted by molar-refractivity contribution is 5.96. The van der Waals surface area contributed by atoms with Crippen LogP contribution in [0, 0.1) is 13.5 Å². The molecule has 0 bridgehead atoms. The van der Waals surface area contributed by atoms with Gasteiger partial charge in [-0.25, -0.2) is 24.8 Å². The van der Waals surface area contributed by atoms with Gasteiger partial charge in [-0.3, -0.25) is 0 Å². The van der Waals surface area contributed by atoms with Crippen LogP contribution in [-0.2, 0) is 0 Å². The summed E-state index contributed by atoms with van der Waals surface area (Å²) in [6, 6.07) is 5.91. The Morgan fingerprint density at radius 2 is 2.06 bits per heavy atom. The molecule has 5 heterocycles. The number of pyridine rings is 2. The fraction of sp³-hybridized carbons (Fsp3) is 0.261. The Labute approximate surface area is 185 Å². The maximum absolute atomic E-state index is 9.47. The number of aromatic amines is 1. The van der Waals surface area contributed by atoms with Crippen molar-refractivity contribution >= 4 is 28.5 Å². The SMILES string of the molecule is [C-]#[N+]c1cnc(NC(C)c2ccc(N3CC(O)C3)nc2)nc1-c1c[nH]c2ncc(C)cc12. The molecule has 0 radical (unpaired) electrons. The molecule has 9 heteroatoms. The van der Waals surface area contributed by atoms with Crippen LogP contribution in [0.25, 0.3) is 27.1 Å². The van der Waals surface area contributed by atoms with Gasteiger partial charge in [0, 0.05) is 48.8 Å². The first-order valence-corrected chi connectivity index (χ1v) is 10.4. The second-order valence-electron chi connectivity index (χ2n) is 8.03. The number of nitrogens with zero attached hydrogens (tertiary/aromatic N) is 6. The summed E-state index contributed by atoms with van der Waals surface area (Å²) in [5.74, 6) is 1.29. The van der Waals surface area contributed by atoms with E-state index in [4.69, 9.17) is 6.57 Å². The average Bonchev–Trinajstić information content (AvgIpc) is 3.20. The monoisotopic (exact) mass is 426 g/mol. The molecule has 1 unspecified atom stereocenters. The molecule has 1 saturated heterocycles. The van der Waals surface area contributed by atoms with Gasteiger partial charge in [0.2, 0.25) is 11.6 Å². The minimum Gasteiger partial charge on any atom is -0.389 e. The first-order chi connectivity index (χ1) is 15.5. The molecular formula is C23H22N8O. The second-order valence-corrected chi connectivity index (χ2v) is 8.03. The molecule has 0 saturated carbocycles. The van der Waals surface area contributed by atoms with E-state index in [0.29, 0.717) is 30.4 Å². The molecule has 9 nitrogen and oxygen atoms in total. The molecule has 4 aromatic heterocycles. The summed E-state index contributed by atoms with van der Waals surface area (Å²) < 4.78 is 0. The average molecular weight is 426 g/mol. The number of H-pyrrole nitrogens is 1. The number of aromatic nitrogens is 5. The Morgan fingerprint density at radius 1 is 1.22 bits per heavy atom. The predicted octanol–water partition coefficient (Wildman–Crippen LogP) is 3.63. The minimum atomic E-state index is -0.265. The third kappa shape index (κ3) is 3.61. The largest absolute Gasteiger partial charge is 0.389 e. The van der Waals surface area contributed by atoms with Gasteiger partial charge in [0.15, 0.2) is 0 Å². The van der Waals surface area contributed by atoms with E-state index < -0.39 is 0 Å². The molecule has 5 rings (SSSR count). The number of rotatable bonds is 5. The van der Waals surface area contributed by atoms with Crippen molar-refractivity contribution in [3.8, 4) is 11.3 Å². The number of aryl methyl sites for hydroxylation is 1. The molecule has 0 aliphatic carbocycles. The highest BCUT2D eigenvalue weighted by atomic mass is 16.3. The van der Waals surface area contributed by atoms with Crippen molar-refractivity contribution < 1.29 is 5.11 Å². The van der Waals surface area contributed by atoms with Gasteiger partial charge in [-0.1, -0.05) is 6.07 Å². The van der Waals surface area contributed by atoms with Crippen molar-refractivity contribution in [1.82, 2.24) is 24.9 Å². The van der Waals surface area contributed by atoms with Gasteiger partial charge in [-0.05, 0) is 37.1 Å². The van der Waals surface area contributed by atoms with Crippen molar-refractivity contribution in [3.05, 3.63) is 65.5 Å². The Kier molecular flexibility index (Phi) is 4.92. The zero-order chi connectivity index (χ0) is 22.2. The van der Waals surface area contributed by atoms with Crippen LogP contribution in [0.3, 0.4) is 0 Å². The summed E-state index contributed by atoms with van der Waals surface area (Å²) >= 11 is 0. The van der Waals surface area contributed by atoms with Crippen LogP contribution < -0.4 is 10.2 Å². The van der Waals surface area contributed by atoms with Crippen molar-refractivity contribution in [2.45, 2.75) is 26.0 Å². The van der Waals surface area contributed by atoms with E-state index in [-0.39, 0.29) is 12.1 Å². The lowest BCUT2D eigenvalue weighted by Gasteiger charge is -2.36. The zero-order valence-electron chi connectivity index (χ0n) is 17.7. The lowest BCUT2D eigenvalue weighted by molar-refractivity contribution is 0.141. The molecule has 1 atom stereocenters. The molecule has 4 aromatic rings. The van der Waals surface area contributed by atoms with E-state index in [0.717, 1.165) is 33.5 Å². The molecule has 1 fully saturated rings. The Morgan fingerprint density at radius 3 is 2.78 bits per heavy atom. The van der Waals surface area contributed by atoms with Crippen LogP contribution in [0.4, 0.5) is 17.5 Å². The quantitative estimate of drug-likeness (QED) is 0.418. The van der Waals surface area contributed by atoms with Gasteiger partial charge >= 0.3 is 0 Å². The number of hydrogen-bond donors (Lipinski definition) is 3. The Hall–Kier alpha value is -4.03. The molecule has 0 amide bonds. The number of aliphatic hydroxyl groups excluding tert-OH is 1. The first-order valence-electron chi connectivity index (χ1n) is 10.4. The van der Waals surface area contributed by atoms with Crippen molar-refractivity contribution in [1.29, 1.82) is 0 Å². The topological polar surface area (TPSA) is 107 Å². The minimum absolute atomic E-state index is 0.0861. The molecule has 0 aromatic carbocycles. The van der Waals surface area contributed by atoms with E-state index in [1.165, 1.54) is 0 Å². The van der Waals surface area contributed by atoms with Gasteiger partial charge in [0.25, 0.3) is 0 Å². The van der Waals surface area contributed by atoms with Crippen LogP contribution in [0.5, 0.6) is 0 Å². The number of anilines is 2. The molecular weight excluding hydrogens is 404 g/mol. The van der Waals surface area contributed by atoms with Crippen LogP contribution in [0.1, 0.15) is 24.1 Å². The van der Waals surface area contributed by atoms with Crippen molar-refractivity contribution in [2.75, 3.05) is 23.3 Å². The van der Waals surface area contributed by atoms with Gasteiger partial charge in [-0.2, -0.15) is 0 Å². The smallest absolute Gasteiger partial charge is 0.231 e. The van der Waals surface area contributed by atoms with Crippen LogP contribution in [0.15, 0.2) is 43.0 Å². The fourth-order valence-corrected chi connectivity index (χ4v) is 3.79. The lowest BCUT2D eigenvalue weighted by Crippen LogP contribution is -2.51. The normalized spacial score (nSPS) is 14.8. The third-order valence-corrected chi connectivity index (χ3v) is 5.62. The fourth-order valence-electron chi connectivity index (χ4n) is 3.79. The number of β-amino-alcohol motifs (C(OH)–C–C–N with tert-alkyl or cyclic N) is 1. The third-order valence-electron chi connectivity index (χ3n) is 5.62. The molecule has 1 aliphatic heterocycles. The van der Waals surface area contributed by atoms with E-state index >= 15 is 0 Å². The summed E-state index contributed by atoms with van der Waals surface area (Å²) in [6.07, 6.45) is 6.73. The molecule has 1 aliphatic rings. The van der Waals surface area contributed by atoms with Crippen molar-refractivity contribution in [2.24, 2.45) is 0 Å². The molecule has 0 spiro atoms. The van der Waals surface area contributed by atoms with E-state index in [2.05, 4.69) is 35.1 Å². The molecule has 32 heavy (non-hydrogen) atoms. The van der Waals surface area contributed by atoms with Crippen LogP contribution in [0.2, 0.25) is 0 Å². The maximum atomic E-state index is 9.47. The number of aliphatic hydroxyl groups is 1. The summed E-state index contributed by atoms with van der Waals surface area (Å²) in [7, 11) is 0. The zero-order valence-corrected chi connectivity index (χ0v) is 17.7. The van der Waals surface area contributed by atoms with Gasteiger partial charge in [0.1, 0.15) is 11.5 Å².